The van der Waals surface area contributed by atoms with Gasteiger partial charge in [0.05, 0.1) is 0 Å². The van der Waals surface area contributed by atoms with E-state index in [-0.39, 0.29) is 41.4 Å². The van der Waals surface area contributed by atoms with Crippen molar-refractivity contribution >= 4 is 36.4 Å². The number of rotatable bonds is 2. The van der Waals surface area contributed by atoms with Crippen LogP contribution < -0.4 is 5.32 Å². The number of hydrogen-bond donors (Lipinski definition) is 1. The molecule has 1 aromatic carbocycles. The van der Waals surface area contributed by atoms with E-state index in [0.29, 0.717) is 0 Å². The van der Waals surface area contributed by atoms with Gasteiger partial charge in [-0.2, -0.15) is 0 Å². The fraction of sp³-hybridized carbons (Fsp3) is 0.500. The maximum atomic E-state index is 13.7. The van der Waals surface area contributed by atoms with Gasteiger partial charge in [-0.1, -0.05) is 11.6 Å². The summed E-state index contributed by atoms with van der Waals surface area (Å²) >= 11 is 5.61. The first-order chi connectivity index (χ1) is 8.09. The van der Waals surface area contributed by atoms with Gasteiger partial charge in [-0.05, 0) is 19.1 Å². The third-order valence-corrected chi connectivity index (χ3v) is 3.38. The molecule has 0 aliphatic carbocycles. The summed E-state index contributed by atoms with van der Waals surface area (Å²) in [5.41, 5.74) is 0.108. The van der Waals surface area contributed by atoms with Crippen molar-refractivity contribution in [3.63, 3.8) is 0 Å². The molecule has 1 aliphatic heterocycles. The van der Waals surface area contributed by atoms with Crippen LogP contribution >= 0.6 is 36.4 Å². The van der Waals surface area contributed by atoms with E-state index in [2.05, 4.69) is 10.2 Å². The van der Waals surface area contributed by atoms with Gasteiger partial charge in [-0.25, -0.2) is 8.78 Å². The van der Waals surface area contributed by atoms with E-state index >= 15 is 0 Å². The van der Waals surface area contributed by atoms with E-state index in [1.54, 1.807) is 0 Å². The Morgan fingerprint density at radius 3 is 2.11 bits per heavy atom. The number of piperazine rings is 1. The fourth-order valence-electron chi connectivity index (χ4n) is 2.20. The molecule has 1 heterocycles. The molecule has 110 valence electrons. The Morgan fingerprint density at radius 1 is 1.16 bits per heavy atom. The molecule has 2 nitrogen and oxygen atoms in total. The summed E-state index contributed by atoms with van der Waals surface area (Å²) in [5, 5.41) is 3.30. The van der Waals surface area contributed by atoms with Crippen molar-refractivity contribution in [1.82, 2.24) is 10.2 Å². The van der Waals surface area contributed by atoms with E-state index in [1.807, 2.05) is 6.92 Å². The van der Waals surface area contributed by atoms with Crippen LogP contribution in [-0.2, 0) is 0 Å². The van der Waals surface area contributed by atoms with Crippen LogP contribution in [0.15, 0.2) is 12.1 Å². The van der Waals surface area contributed by atoms with Crippen LogP contribution in [0.1, 0.15) is 18.5 Å². The Hall–Kier alpha value is -0.130. The van der Waals surface area contributed by atoms with E-state index in [0.717, 1.165) is 26.2 Å². The van der Waals surface area contributed by atoms with Crippen molar-refractivity contribution in [2.24, 2.45) is 0 Å². The topological polar surface area (TPSA) is 15.3 Å². The molecule has 0 saturated carbocycles. The molecule has 1 saturated heterocycles. The quantitative estimate of drug-likeness (QED) is 0.892. The average Bonchev–Trinajstić information content (AvgIpc) is 2.28. The van der Waals surface area contributed by atoms with Crippen LogP contribution in [0.5, 0.6) is 0 Å². The highest BCUT2D eigenvalue weighted by molar-refractivity contribution is 6.30. The number of nitrogens with zero attached hydrogens (tertiary/aromatic N) is 1. The summed E-state index contributed by atoms with van der Waals surface area (Å²) in [5.74, 6) is -1.14. The van der Waals surface area contributed by atoms with Crippen LogP contribution in [0, 0.1) is 11.6 Å². The van der Waals surface area contributed by atoms with Gasteiger partial charge in [0.1, 0.15) is 11.6 Å². The number of benzene rings is 1. The Balaban J connectivity index is 0.00000162. The zero-order chi connectivity index (χ0) is 12.4. The summed E-state index contributed by atoms with van der Waals surface area (Å²) in [7, 11) is 0. The SMILES string of the molecule is C[C@H](c1c(F)cc(Cl)cc1F)N1CCNCC1.Cl.Cl. The molecule has 0 aromatic heterocycles. The van der Waals surface area contributed by atoms with Gasteiger partial charge < -0.3 is 5.32 Å². The highest BCUT2D eigenvalue weighted by atomic mass is 35.5. The van der Waals surface area contributed by atoms with Crippen molar-refractivity contribution in [3.8, 4) is 0 Å². The predicted octanol–water partition coefficient (Wildman–Crippen LogP) is 3.43. The van der Waals surface area contributed by atoms with Crippen molar-refractivity contribution in [2.45, 2.75) is 13.0 Å². The van der Waals surface area contributed by atoms with Gasteiger partial charge in [0.2, 0.25) is 0 Å². The molecule has 1 atom stereocenters. The van der Waals surface area contributed by atoms with Gasteiger partial charge in [0, 0.05) is 42.8 Å². The standard InChI is InChI=1S/C12H15ClF2N2.2ClH/c1-8(17-4-2-16-3-5-17)12-10(14)6-9(13)7-11(12)15;;/h6-8,16H,2-5H2,1H3;2*1H/t8-;;/m1../s1. The Bertz CT molecular complexity index is 389. The maximum absolute atomic E-state index is 13.7. The minimum absolute atomic E-state index is 0. The zero-order valence-corrected chi connectivity index (χ0v) is 12.8. The normalized spacial score (nSPS) is 17.3. The van der Waals surface area contributed by atoms with Crippen LogP contribution in [0.2, 0.25) is 5.02 Å². The molecule has 2 rings (SSSR count). The van der Waals surface area contributed by atoms with Crippen LogP contribution in [-0.4, -0.2) is 31.1 Å². The lowest BCUT2D eigenvalue weighted by Crippen LogP contribution is -2.44. The summed E-state index contributed by atoms with van der Waals surface area (Å²) in [6.45, 7) is 5.11. The van der Waals surface area contributed by atoms with Crippen molar-refractivity contribution in [1.29, 1.82) is 0 Å². The molecule has 7 heteroatoms. The molecule has 0 amide bonds. The highest BCUT2D eigenvalue weighted by Gasteiger charge is 2.24. The summed E-state index contributed by atoms with van der Waals surface area (Å²) in [6, 6.07) is 2.06. The lowest BCUT2D eigenvalue weighted by atomic mass is 10.0. The number of nitrogens with one attached hydrogen (secondary N) is 1. The third kappa shape index (κ3) is 4.43. The second-order valence-electron chi connectivity index (χ2n) is 4.25. The lowest BCUT2D eigenvalue weighted by Gasteiger charge is -2.33. The smallest absolute Gasteiger partial charge is 0.132 e. The van der Waals surface area contributed by atoms with E-state index < -0.39 is 11.6 Å². The van der Waals surface area contributed by atoms with Crippen LogP contribution in [0.25, 0.3) is 0 Å². The molecule has 19 heavy (non-hydrogen) atoms. The largest absolute Gasteiger partial charge is 0.314 e. The van der Waals surface area contributed by atoms with Crippen molar-refractivity contribution in [2.75, 3.05) is 26.2 Å². The lowest BCUT2D eigenvalue weighted by molar-refractivity contribution is 0.179. The first-order valence-electron chi connectivity index (χ1n) is 5.69. The fourth-order valence-corrected chi connectivity index (χ4v) is 2.40. The van der Waals surface area contributed by atoms with Gasteiger partial charge >= 0.3 is 0 Å². The minimum atomic E-state index is -0.568. The molecule has 1 aromatic rings. The summed E-state index contributed by atoms with van der Waals surface area (Å²) in [6.07, 6.45) is 0. The van der Waals surface area contributed by atoms with Gasteiger partial charge in [-0.15, -0.1) is 24.8 Å². The number of hydrogen-bond acceptors (Lipinski definition) is 2. The Labute approximate surface area is 129 Å². The molecule has 0 spiro atoms. The van der Waals surface area contributed by atoms with E-state index in [1.165, 1.54) is 12.1 Å². The van der Waals surface area contributed by atoms with Crippen molar-refractivity contribution in [3.05, 3.63) is 34.4 Å². The highest BCUT2D eigenvalue weighted by Crippen LogP contribution is 2.28. The molecule has 0 radical (unpaired) electrons. The monoisotopic (exact) mass is 332 g/mol. The minimum Gasteiger partial charge on any atom is -0.314 e. The molecular formula is C12H17Cl3F2N2. The maximum Gasteiger partial charge on any atom is 0.132 e. The predicted molar refractivity (Wildman–Crippen MR) is 78.7 cm³/mol. The average molecular weight is 334 g/mol. The molecule has 1 fully saturated rings. The van der Waals surface area contributed by atoms with Crippen LogP contribution in [0.4, 0.5) is 8.78 Å². The zero-order valence-electron chi connectivity index (χ0n) is 10.5. The molecule has 0 unspecified atom stereocenters. The van der Waals surface area contributed by atoms with Gasteiger partial charge in [-0.3, -0.25) is 4.90 Å². The Morgan fingerprint density at radius 2 is 1.63 bits per heavy atom. The van der Waals surface area contributed by atoms with E-state index in [4.69, 9.17) is 11.6 Å². The molecule has 1 N–H and O–H groups in total. The Kier molecular flexibility index (Phi) is 8.17. The second kappa shape index (κ2) is 8.22. The molecule has 0 bridgehead atoms. The molecule has 1 aliphatic rings. The first-order valence-corrected chi connectivity index (χ1v) is 6.06. The molecular weight excluding hydrogens is 317 g/mol. The van der Waals surface area contributed by atoms with Gasteiger partial charge in [0.25, 0.3) is 0 Å². The van der Waals surface area contributed by atoms with Gasteiger partial charge in [0.15, 0.2) is 0 Å². The van der Waals surface area contributed by atoms with Crippen molar-refractivity contribution < 1.29 is 8.78 Å². The summed E-state index contributed by atoms with van der Waals surface area (Å²) < 4.78 is 27.5. The van der Waals surface area contributed by atoms with E-state index in [9.17, 15) is 8.78 Å². The first kappa shape index (κ1) is 18.9. The summed E-state index contributed by atoms with van der Waals surface area (Å²) in [4.78, 5) is 2.06. The second-order valence-corrected chi connectivity index (χ2v) is 4.68. The van der Waals surface area contributed by atoms with Crippen LogP contribution in [0.3, 0.4) is 0 Å². The number of halogens is 5. The third-order valence-electron chi connectivity index (χ3n) is 3.16.